The van der Waals surface area contributed by atoms with Crippen LogP contribution in [-0.2, 0) is 4.79 Å². The molecule has 0 spiro atoms. The number of carboxylic acids is 1. The Hall–Kier alpha value is -2.44. The van der Waals surface area contributed by atoms with E-state index in [1.807, 2.05) is 13.0 Å². The Kier molecular flexibility index (Phi) is 2.99. The summed E-state index contributed by atoms with van der Waals surface area (Å²) in [5.74, 6) is -0.603. The summed E-state index contributed by atoms with van der Waals surface area (Å²) < 4.78 is 6.60. The fourth-order valence-corrected chi connectivity index (χ4v) is 1.34. The standard InChI is InChI=1S/C10H10N4O3/c1-7-2-3-8(14-6-11-12-13-14)9(4-7)17-5-10(15)16/h2-4,6H,5H2,1H3,(H,15,16). The summed E-state index contributed by atoms with van der Waals surface area (Å²) in [7, 11) is 0. The van der Waals surface area contributed by atoms with Crippen LogP contribution in [-0.4, -0.2) is 37.9 Å². The number of hydrogen-bond donors (Lipinski definition) is 1. The molecule has 0 saturated carbocycles. The lowest BCUT2D eigenvalue weighted by atomic mass is 10.2. The van der Waals surface area contributed by atoms with Crippen LogP contribution in [0.5, 0.6) is 5.75 Å². The van der Waals surface area contributed by atoms with Crippen molar-refractivity contribution >= 4 is 5.97 Å². The number of rotatable bonds is 4. The van der Waals surface area contributed by atoms with Gasteiger partial charge in [0.2, 0.25) is 0 Å². The molecule has 0 bridgehead atoms. The van der Waals surface area contributed by atoms with Crippen LogP contribution in [0, 0.1) is 6.92 Å². The van der Waals surface area contributed by atoms with Crippen molar-refractivity contribution in [2.24, 2.45) is 0 Å². The summed E-state index contributed by atoms with van der Waals surface area (Å²) in [6.45, 7) is 1.48. The highest BCUT2D eigenvalue weighted by Gasteiger charge is 2.09. The molecule has 0 fully saturated rings. The van der Waals surface area contributed by atoms with Crippen molar-refractivity contribution in [3.8, 4) is 11.4 Å². The molecular formula is C10H10N4O3. The highest BCUT2D eigenvalue weighted by atomic mass is 16.5. The number of benzene rings is 1. The molecule has 2 aromatic rings. The van der Waals surface area contributed by atoms with Gasteiger partial charge in [-0.25, -0.2) is 4.79 Å². The predicted octanol–water partition coefficient (Wildman–Crippen LogP) is 0.434. The van der Waals surface area contributed by atoms with E-state index in [2.05, 4.69) is 15.5 Å². The molecule has 1 N–H and O–H groups in total. The van der Waals surface area contributed by atoms with Crippen LogP contribution in [0.2, 0.25) is 0 Å². The molecule has 0 atom stereocenters. The first-order valence-corrected chi connectivity index (χ1v) is 4.85. The molecule has 88 valence electrons. The Balaban J connectivity index is 2.34. The van der Waals surface area contributed by atoms with Crippen molar-refractivity contribution in [2.45, 2.75) is 6.92 Å². The van der Waals surface area contributed by atoms with E-state index in [9.17, 15) is 4.79 Å². The molecule has 0 aliphatic rings. The van der Waals surface area contributed by atoms with Gasteiger partial charge in [-0.05, 0) is 35.0 Å². The second-order valence-corrected chi connectivity index (χ2v) is 3.41. The van der Waals surface area contributed by atoms with E-state index in [0.29, 0.717) is 11.4 Å². The van der Waals surface area contributed by atoms with Crippen molar-refractivity contribution in [3.63, 3.8) is 0 Å². The molecule has 1 heterocycles. The van der Waals surface area contributed by atoms with Gasteiger partial charge >= 0.3 is 5.97 Å². The van der Waals surface area contributed by atoms with Gasteiger partial charge in [-0.1, -0.05) is 6.07 Å². The van der Waals surface area contributed by atoms with Crippen LogP contribution in [0.25, 0.3) is 5.69 Å². The molecular weight excluding hydrogens is 224 g/mol. The summed E-state index contributed by atoms with van der Waals surface area (Å²) >= 11 is 0. The van der Waals surface area contributed by atoms with Gasteiger partial charge in [0.15, 0.2) is 6.61 Å². The van der Waals surface area contributed by atoms with Crippen molar-refractivity contribution in [1.82, 2.24) is 20.2 Å². The summed E-state index contributed by atoms with van der Waals surface area (Å²) in [5.41, 5.74) is 1.56. The number of carboxylic acid groups (broad SMARTS) is 1. The van der Waals surface area contributed by atoms with E-state index in [1.165, 1.54) is 11.0 Å². The minimum Gasteiger partial charge on any atom is -0.480 e. The average molecular weight is 234 g/mol. The number of aromatic nitrogens is 4. The highest BCUT2D eigenvalue weighted by molar-refractivity contribution is 5.68. The third-order valence-electron chi connectivity index (χ3n) is 2.06. The van der Waals surface area contributed by atoms with Gasteiger partial charge in [-0.3, -0.25) is 0 Å². The van der Waals surface area contributed by atoms with Gasteiger partial charge in [0.25, 0.3) is 0 Å². The van der Waals surface area contributed by atoms with Crippen molar-refractivity contribution in [1.29, 1.82) is 0 Å². The van der Waals surface area contributed by atoms with Crippen molar-refractivity contribution in [2.75, 3.05) is 6.61 Å². The first-order valence-electron chi connectivity index (χ1n) is 4.85. The first-order chi connectivity index (χ1) is 8.16. The number of ether oxygens (including phenoxy) is 1. The van der Waals surface area contributed by atoms with E-state index < -0.39 is 12.6 Å². The molecule has 0 radical (unpaired) electrons. The molecule has 17 heavy (non-hydrogen) atoms. The Labute approximate surface area is 96.6 Å². The van der Waals surface area contributed by atoms with Gasteiger partial charge in [0, 0.05) is 0 Å². The van der Waals surface area contributed by atoms with Gasteiger partial charge in [0.1, 0.15) is 17.8 Å². The van der Waals surface area contributed by atoms with Gasteiger partial charge < -0.3 is 9.84 Å². The van der Waals surface area contributed by atoms with E-state index in [0.717, 1.165) is 5.56 Å². The minimum atomic E-state index is -1.03. The lowest BCUT2D eigenvalue weighted by Crippen LogP contribution is -2.11. The van der Waals surface area contributed by atoms with E-state index in [1.54, 1.807) is 12.1 Å². The number of tetrazole rings is 1. The molecule has 2 rings (SSSR count). The monoisotopic (exact) mass is 234 g/mol. The van der Waals surface area contributed by atoms with Crippen LogP contribution in [0.1, 0.15) is 5.56 Å². The lowest BCUT2D eigenvalue weighted by molar-refractivity contribution is -0.139. The summed E-state index contributed by atoms with van der Waals surface area (Å²) in [5, 5.41) is 19.4. The fraction of sp³-hybridized carbons (Fsp3) is 0.200. The molecule has 0 aliphatic carbocycles. The normalized spacial score (nSPS) is 10.2. The quantitative estimate of drug-likeness (QED) is 0.825. The second-order valence-electron chi connectivity index (χ2n) is 3.41. The van der Waals surface area contributed by atoms with Crippen LogP contribution in [0.15, 0.2) is 24.5 Å². The molecule has 7 heteroatoms. The predicted molar refractivity (Wildman–Crippen MR) is 57.0 cm³/mol. The van der Waals surface area contributed by atoms with Crippen LogP contribution < -0.4 is 4.74 Å². The number of hydrogen-bond acceptors (Lipinski definition) is 5. The van der Waals surface area contributed by atoms with E-state index >= 15 is 0 Å². The Morgan fingerprint density at radius 3 is 3.00 bits per heavy atom. The Morgan fingerprint density at radius 1 is 1.53 bits per heavy atom. The molecule has 0 amide bonds. The topological polar surface area (TPSA) is 90.1 Å². The smallest absolute Gasteiger partial charge is 0.341 e. The summed E-state index contributed by atoms with van der Waals surface area (Å²) in [6, 6.07) is 5.37. The van der Waals surface area contributed by atoms with Gasteiger partial charge in [0.05, 0.1) is 0 Å². The van der Waals surface area contributed by atoms with Crippen molar-refractivity contribution in [3.05, 3.63) is 30.1 Å². The summed E-state index contributed by atoms with van der Waals surface area (Å²) in [6.07, 6.45) is 1.41. The zero-order valence-corrected chi connectivity index (χ0v) is 9.07. The molecule has 0 unspecified atom stereocenters. The zero-order valence-electron chi connectivity index (χ0n) is 9.07. The SMILES string of the molecule is Cc1ccc(-n2cnnn2)c(OCC(=O)O)c1. The second kappa shape index (κ2) is 4.60. The lowest BCUT2D eigenvalue weighted by Gasteiger charge is -2.09. The molecule has 0 saturated heterocycles. The summed E-state index contributed by atoms with van der Waals surface area (Å²) in [4.78, 5) is 10.5. The van der Waals surface area contributed by atoms with Crippen LogP contribution >= 0.6 is 0 Å². The minimum absolute atomic E-state index is 0.404. The Morgan fingerprint density at radius 2 is 2.35 bits per heavy atom. The number of carbonyl (C=O) groups is 1. The zero-order chi connectivity index (χ0) is 12.3. The number of nitrogens with zero attached hydrogens (tertiary/aromatic N) is 4. The molecule has 0 aliphatic heterocycles. The third-order valence-corrected chi connectivity index (χ3v) is 2.06. The van der Waals surface area contributed by atoms with E-state index in [4.69, 9.17) is 9.84 Å². The average Bonchev–Trinajstić information content (AvgIpc) is 2.80. The molecule has 1 aromatic heterocycles. The van der Waals surface area contributed by atoms with Crippen molar-refractivity contribution < 1.29 is 14.6 Å². The molecule has 1 aromatic carbocycles. The van der Waals surface area contributed by atoms with Crippen LogP contribution in [0.3, 0.4) is 0 Å². The maximum atomic E-state index is 10.5. The maximum Gasteiger partial charge on any atom is 0.341 e. The largest absolute Gasteiger partial charge is 0.480 e. The maximum absolute atomic E-state index is 10.5. The van der Waals surface area contributed by atoms with E-state index in [-0.39, 0.29) is 0 Å². The first kappa shape index (κ1) is 11.1. The number of aryl methyl sites for hydroxylation is 1. The number of aliphatic carboxylic acids is 1. The Bertz CT molecular complexity index is 524. The van der Waals surface area contributed by atoms with Gasteiger partial charge in [-0.2, -0.15) is 4.68 Å². The molecule has 7 nitrogen and oxygen atoms in total. The third kappa shape index (κ3) is 2.57. The fourth-order valence-electron chi connectivity index (χ4n) is 1.34. The van der Waals surface area contributed by atoms with Gasteiger partial charge in [-0.15, -0.1) is 5.10 Å². The van der Waals surface area contributed by atoms with Crippen LogP contribution in [0.4, 0.5) is 0 Å². The highest BCUT2D eigenvalue weighted by Crippen LogP contribution is 2.23.